The van der Waals surface area contributed by atoms with Gasteiger partial charge in [0.2, 0.25) is 21.8 Å². The number of aryl methyl sites for hydroxylation is 1. The van der Waals surface area contributed by atoms with Crippen molar-refractivity contribution in [2.24, 2.45) is 5.92 Å². The van der Waals surface area contributed by atoms with Crippen LogP contribution in [0, 0.1) is 19.8 Å². The van der Waals surface area contributed by atoms with E-state index in [1.165, 1.54) is 0 Å². The minimum Gasteiger partial charge on any atom is -0.390 e. The molecule has 2 aromatic rings. The highest BCUT2D eigenvalue weighted by atomic mass is 35.5. The number of likely N-dealkylation sites (tertiary alicyclic amines) is 1. The third-order valence-corrected chi connectivity index (χ3v) is 9.05. The average molecular weight is 662 g/mol. The molecule has 242 valence electrons. The fourth-order valence-corrected chi connectivity index (χ4v) is 6.50. The number of sulfonamides is 1. The van der Waals surface area contributed by atoms with Crippen LogP contribution >= 0.6 is 24.8 Å². The number of amides is 2. The molecule has 1 spiro atoms. The van der Waals surface area contributed by atoms with Crippen molar-refractivity contribution < 1.29 is 23.1 Å². The van der Waals surface area contributed by atoms with E-state index in [1.807, 2.05) is 44.5 Å². The highest BCUT2D eigenvalue weighted by Crippen LogP contribution is 2.35. The Hall–Kier alpha value is -2.38. The first kappa shape index (κ1) is 36.8. The summed E-state index contributed by atoms with van der Waals surface area (Å²) in [5.41, 5.74) is 3.42. The van der Waals surface area contributed by atoms with Gasteiger partial charge in [-0.15, -0.1) is 24.8 Å². The molecular formula is C29H46Cl2N6O5S. The SMILES string of the molecule is CCCCN1C(=O)[C@@H]([C@H](O)C(C)C)NC(=O)C12CCN(Cc1c(C)nn(-c3ccc(NS(C)(=O)=O)cc3)c1C)CC2.Cl.Cl. The summed E-state index contributed by atoms with van der Waals surface area (Å²) in [5, 5.41) is 18.3. The molecule has 0 bridgehead atoms. The summed E-state index contributed by atoms with van der Waals surface area (Å²) in [6.45, 7) is 12.2. The Bertz CT molecular complexity index is 1370. The summed E-state index contributed by atoms with van der Waals surface area (Å²) >= 11 is 0. The monoisotopic (exact) mass is 660 g/mol. The molecule has 2 saturated heterocycles. The van der Waals surface area contributed by atoms with Crippen LogP contribution < -0.4 is 10.0 Å². The molecule has 0 radical (unpaired) electrons. The predicted molar refractivity (Wildman–Crippen MR) is 173 cm³/mol. The van der Waals surface area contributed by atoms with E-state index >= 15 is 0 Å². The fraction of sp³-hybridized carbons (Fsp3) is 0.621. The van der Waals surface area contributed by atoms with Gasteiger partial charge in [-0.3, -0.25) is 19.2 Å². The molecule has 3 heterocycles. The van der Waals surface area contributed by atoms with Gasteiger partial charge in [0.1, 0.15) is 11.6 Å². The van der Waals surface area contributed by atoms with Crippen LogP contribution in [0.15, 0.2) is 24.3 Å². The van der Waals surface area contributed by atoms with Crippen molar-refractivity contribution in [1.82, 2.24) is 24.9 Å². The van der Waals surface area contributed by atoms with Crippen LogP contribution in [-0.4, -0.2) is 88.5 Å². The summed E-state index contributed by atoms with van der Waals surface area (Å²) < 4.78 is 27.4. The Morgan fingerprint density at radius 3 is 2.26 bits per heavy atom. The molecule has 2 fully saturated rings. The number of aromatic nitrogens is 2. The maximum absolute atomic E-state index is 13.6. The summed E-state index contributed by atoms with van der Waals surface area (Å²) in [5.74, 6) is -0.493. The first-order valence-electron chi connectivity index (χ1n) is 14.4. The molecule has 1 aromatic heterocycles. The molecule has 1 aromatic carbocycles. The molecule has 43 heavy (non-hydrogen) atoms. The number of rotatable bonds is 10. The summed E-state index contributed by atoms with van der Waals surface area (Å²) in [6, 6.07) is 6.17. The minimum absolute atomic E-state index is 0. The Morgan fingerprint density at radius 2 is 1.72 bits per heavy atom. The van der Waals surface area contributed by atoms with Gasteiger partial charge in [0, 0.05) is 43.1 Å². The molecule has 0 saturated carbocycles. The Balaban J connectivity index is 0.00000323. The fourth-order valence-electron chi connectivity index (χ4n) is 5.94. The van der Waals surface area contributed by atoms with E-state index in [0.29, 0.717) is 44.7 Å². The maximum atomic E-state index is 13.6. The van der Waals surface area contributed by atoms with Gasteiger partial charge in [-0.2, -0.15) is 5.10 Å². The molecule has 3 N–H and O–H groups in total. The number of anilines is 1. The number of unbranched alkanes of at least 4 members (excludes halogenated alkanes) is 1. The lowest BCUT2D eigenvalue weighted by Gasteiger charge is -2.52. The van der Waals surface area contributed by atoms with E-state index in [0.717, 1.165) is 41.7 Å². The van der Waals surface area contributed by atoms with E-state index in [-0.39, 0.29) is 42.5 Å². The Kier molecular flexibility index (Phi) is 12.5. The molecular weight excluding hydrogens is 615 g/mol. The quantitative estimate of drug-likeness (QED) is 0.356. The minimum atomic E-state index is -3.35. The number of carbonyl (C=O) groups excluding carboxylic acids is 2. The second-order valence-electron chi connectivity index (χ2n) is 11.8. The lowest BCUT2D eigenvalue weighted by atomic mass is 9.80. The van der Waals surface area contributed by atoms with Gasteiger partial charge >= 0.3 is 0 Å². The van der Waals surface area contributed by atoms with Gasteiger partial charge in [0.25, 0.3) is 0 Å². The molecule has 0 aliphatic carbocycles. The smallest absolute Gasteiger partial charge is 0.248 e. The van der Waals surface area contributed by atoms with E-state index in [9.17, 15) is 23.1 Å². The zero-order valence-electron chi connectivity index (χ0n) is 25.8. The van der Waals surface area contributed by atoms with Crippen molar-refractivity contribution >= 4 is 52.3 Å². The average Bonchev–Trinajstić information content (AvgIpc) is 3.19. The van der Waals surface area contributed by atoms with Crippen molar-refractivity contribution in [2.75, 3.05) is 30.6 Å². The molecule has 2 amide bonds. The Labute approximate surface area is 267 Å². The standard InChI is InChI=1S/C29H44N6O5S.2ClH/c1-7-8-15-34-27(37)25(26(36)19(2)3)30-28(38)29(34)13-16-33(17-14-29)18-24-20(4)31-35(21(24)5)23-11-9-22(10-12-23)32-41(6,39)40;;/h9-12,19,25-26,32,36H,7-8,13-18H2,1-6H3,(H,30,38);2*1H/t25-,26-;;/m1../s1. The summed E-state index contributed by atoms with van der Waals surface area (Å²) in [4.78, 5) is 31.2. The highest BCUT2D eigenvalue weighted by Gasteiger charge is 2.54. The van der Waals surface area contributed by atoms with Crippen molar-refractivity contribution in [3.8, 4) is 5.69 Å². The van der Waals surface area contributed by atoms with Crippen molar-refractivity contribution in [3.63, 3.8) is 0 Å². The topological polar surface area (TPSA) is 137 Å². The third kappa shape index (κ3) is 7.83. The number of nitrogens with one attached hydrogen (secondary N) is 2. The highest BCUT2D eigenvalue weighted by molar-refractivity contribution is 7.92. The number of piperidine rings is 1. The first-order valence-corrected chi connectivity index (χ1v) is 16.3. The molecule has 2 aliphatic rings. The van der Waals surface area contributed by atoms with Gasteiger partial charge < -0.3 is 15.3 Å². The van der Waals surface area contributed by atoms with Crippen molar-refractivity contribution in [2.45, 2.75) is 84.5 Å². The summed E-state index contributed by atoms with van der Waals surface area (Å²) in [7, 11) is -3.35. The van der Waals surface area contributed by atoms with Crippen LogP contribution in [0.1, 0.15) is 63.4 Å². The number of benzene rings is 1. The molecule has 14 heteroatoms. The molecule has 4 rings (SSSR count). The van der Waals surface area contributed by atoms with Gasteiger partial charge in [-0.1, -0.05) is 27.2 Å². The molecule has 0 unspecified atom stereocenters. The van der Waals surface area contributed by atoms with E-state index in [1.54, 1.807) is 17.0 Å². The molecule has 2 aliphatic heterocycles. The zero-order chi connectivity index (χ0) is 30.1. The number of aliphatic hydroxyl groups excluding tert-OH is 1. The van der Waals surface area contributed by atoms with Crippen LogP contribution in [0.4, 0.5) is 5.69 Å². The van der Waals surface area contributed by atoms with Crippen LogP contribution in [-0.2, 0) is 26.2 Å². The van der Waals surface area contributed by atoms with Crippen LogP contribution in [0.3, 0.4) is 0 Å². The van der Waals surface area contributed by atoms with Crippen molar-refractivity contribution in [3.05, 3.63) is 41.2 Å². The van der Waals surface area contributed by atoms with E-state index < -0.39 is 27.7 Å². The van der Waals surface area contributed by atoms with Crippen molar-refractivity contribution in [1.29, 1.82) is 0 Å². The number of hydrogen-bond acceptors (Lipinski definition) is 7. The third-order valence-electron chi connectivity index (χ3n) is 8.44. The van der Waals surface area contributed by atoms with Gasteiger partial charge in [-0.05, 0) is 63.3 Å². The van der Waals surface area contributed by atoms with Crippen LogP contribution in [0.2, 0.25) is 0 Å². The number of halogens is 2. The van der Waals surface area contributed by atoms with Gasteiger partial charge in [0.15, 0.2) is 0 Å². The maximum Gasteiger partial charge on any atom is 0.248 e. The number of hydrogen-bond donors (Lipinski definition) is 3. The molecule has 2 atom stereocenters. The lowest BCUT2D eigenvalue weighted by molar-refractivity contribution is -0.165. The molecule has 11 nitrogen and oxygen atoms in total. The largest absolute Gasteiger partial charge is 0.390 e. The zero-order valence-corrected chi connectivity index (χ0v) is 28.2. The van der Waals surface area contributed by atoms with Gasteiger partial charge in [-0.25, -0.2) is 13.1 Å². The predicted octanol–water partition coefficient (Wildman–Crippen LogP) is 3.18. The number of carbonyl (C=O) groups is 2. The summed E-state index contributed by atoms with van der Waals surface area (Å²) in [6.07, 6.45) is 2.95. The van der Waals surface area contributed by atoms with Crippen LogP contribution in [0.5, 0.6) is 0 Å². The first-order chi connectivity index (χ1) is 19.3. The Morgan fingerprint density at radius 1 is 1.12 bits per heavy atom. The normalized spacial score (nSPS) is 19.5. The lowest BCUT2D eigenvalue weighted by Crippen LogP contribution is -2.74. The van der Waals surface area contributed by atoms with E-state index in [4.69, 9.17) is 5.10 Å². The van der Waals surface area contributed by atoms with Crippen LogP contribution in [0.25, 0.3) is 5.69 Å². The second-order valence-corrected chi connectivity index (χ2v) is 13.6. The number of aliphatic hydroxyl groups is 1. The second kappa shape index (κ2) is 14.6. The van der Waals surface area contributed by atoms with E-state index in [2.05, 4.69) is 21.9 Å². The number of piperazine rings is 1. The number of nitrogens with zero attached hydrogens (tertiary/aromatic N) is 4. The van der Waals surface area contributed by atoms with Gasteiger partial charge in [0.05, 0.1) is 23.7 Å².